The summed E-state index contributed by atoms with van der Waals surface area (Å²) in [6.07, 6.45) is 10.4. The number of rotatable bonds is 6. The highest BCUT2D eigenvalue weighted by Gasteiger charge is 2.43. The van der Waals surface area contributed by atoms with Gasteiger partial charge in [0.05, 0.1) is 6.10 Å². The average Bonchev–Trinajstić information content (AvgIpc) is 3.18. The molecule has 182 valence electrons. The van der Waals surface area contributed by atoms with Crippen molar-refractivity contribution in [1.29, 1.82) is 0 Å². The molecule has 0 bridgehead atoms. The zero-order valence-electron chi connectivity index (χ0n) is 20.2. The van der Waals surface area contributed by atoms with Gasteiger partial charge in [0, 0.05) is 28.5 Å². The number of aliphatic hydroxyl groups is 1. The number of halogens is 1. The Bertz CT molecular complexity index is 853. The molecule has 33 heavy (non-hydrogen) atoms. The maximum Gasteiger partial charge on any atom is 0.330 e. The molecular formula is C27H38ClNO4. The van der Waals surface area contributed by atoms with Crippen LogP contribution in [0.2, 0.25) is 5.02 Å². The van der Waals surface area contributed by atoms with Crippen LogP contribution < -0.4 is 5.32 Å². The van der Waals surface area contributed by atoms with Gasteiger partial charge in [0.2, 0.25) is 5.91 Å². The van der Waals surface area contributed by atoms with Gasteiger partial charge in [0.25, 0.3) is 0 Å². The predicted octanol–water partition coefficient (Wildman–Crippen LogP) is 5.97. The van der Waals surface area contributed by atoms with Crippen molar-refractivity contribution in [3.05, 3.63) is 70.8 Å². The van der Waals surface area contributed by atoms with Gasteiger partial charge in [-0.15, -0.1) is 6.58 Å². The van der Waals surface area contributed by atoms with Gasteiger partial charge < -0.3 is 15.5 Å². The number of hydrogen-bond acceptors (Lipinski definition) is 3. The van der Waals surface area contributed by atoms with Crippen LogP contribution in [0, 0.1) is 0 Å². The fourth-order valence-electron chi connectivity index (χ4n) is 3.42. The molecular weight excluding hydrogens is 438 g/mol. The molecule has 2 atom stereocenters. The molecule has 1 saturated carbocycles. The van der Waals surface area contributed by atoms with E-state index in [1.165, 1.54) is 5.57 Å². The van der Waals surface area contributed by atoms with Crippen LogP contribution in [0.3, 0.4) is 0 Å². The molecule has 0 spiro atoms. The summed E-state index contributed by atoms with van der Waals surface area (Å²) in [4.78, 5) is 21.1. The van der Waals surface area contributed by atoms with Crippen molar-refractivity contribution in [3.63, 3.8) is 0 Å². The first kappa shape index (κ1) is 28.7. The number of benzene rings is 1. The van der Waals surface area contributed by atoms with Crippen LogP contribution in [0.5, 0.6) is 0 Å². The number of carbonyl (C=O) groups is 2. The highest BCUT2D eigenvalue weighted by molar-refractivity contribution is 6.30. The first-order valence-electron chi connectivity index (χ1n) is 11.5. The second-order valence-corrected chi connectivity index (χ2v) is 9.08. The molecule has 1 saturated heterocycles. The summed E-state index contributed by atoms with van der Waals surface area (Å²) in [7, 11) is 0. The number of nitrogens with one attached hydrogen (secondary N) is 1. The third kappa shape index (κ3) is 9.18. The Morgan fingerprint density at radius 3 is 2.21 bits per heavy atom. The Kier molecular flexibility index (Phi) is 12.2. The van der Waals surface area contributed by atoms with E-state index in [1.54, 1.807) is 19.9 Å². The molecule has 3 N–H and O–H groups in total. The third-order valence-corrected chi connectivity index (χ3v) is 6.41. The fraction of sp³-hybridized carbons (Fsp3) is 0.481. The molecule has 0 aromatic heterocycles. The first-order valence-corrected chi connectivity index (χ1v) is 11.9. The SMILES string of the molecule is C/C=C(\C)C(=O)O.C=C(C)CC.O=C1CCC(/C=C/C(O)C2(c3ccc(Cl)cc3)CCC2)N1. The predicted molar refractivity (Wildman–Crippen MR) is 135 cm³/mol. The summed E-state index contributed by atoms with van der Waals surface area (Å²) >= 11 is 5.95. The lowest BCUT2D eigenvalue weighted by molar-refractivity contribution is -0.132. The van der Waals surface area contributed by atoms with Crippen LogP contribution in [0.15, 0.2) is 60.2 Å². The van der Waals surface area contributed by atoms with E-state index in [-0.39, 0.29) is 17.4 Å². The number of carboxylic acid groups (broad SMARTS) is 1. The summed E-state index contributed by atoms with van der Waals surface area (Å²) < 4.78 is 0. The van der Waals surface area contributed by atoms with Gasteiger partial charge >= 0.3 is 5.97 Å². The lowest BCUT2D eigenvalue weighted by atomic mass is 9.61. The molecule has 2 aliphatic rings. The molecule has 2 fully saturated rings. The molecule has 1 heterocycles. The van der Waals surface area contributed by atoms with Gasteiger partial charge in [-0.2, -0.15) is 0 Å². The minimum absolute atomic E-state index is 0.0643. The molecule has 1 amide bonds. The van der Waals surface area contributed by atoms with Crippen LogP contribution in [-0.2, 0) is 15.0 Å². The van der Waals surface area contributed by atoms with Crippen LogP contribution in [0.1, 0.15) is 71.8 Å². The molecule has 1 aliphatic carbocycles. The summed E-state index contributed by atoms with van der Waals surface area (Å²) in [5, 5.41) is 22.4. The second kappa shape index (κ2) is 14.0. The molecule has 6 heteroatoms. The van der Waals surface area contributed by atoms with Crippen molar-refractivity contribution in [3.8, 4) is 0 Å². The topological polar surface area (TPSA) is 86.6 Å². The number of hydrogen-bond donors (Lipinski definition) is 3. The third-order valence-electron chi connectivity index (χ3n) is 6.16. The van der Waals surface area contributed by atoms with Crippen LogP contribution >= 0.6 is 11.6 Å². The van der Waals surface area contributed by atoms with E-state index in [9.17, 15) is 14.7 Å². The number of carbonyl (C=O) groups excluding carboxylic acids is 1. The maximum absolute atomic E-state index is 11.2. The largest absolute Gasteiger partial charge is 0.478 e. The quantitative estimate of drug-likeness (QED) is 0.349. The molecule has 2 unspecified atom stereocenters. The monoisotopic (exact) mass is 475 g/mol. The highest BCUT2D eigenvalue weighted by atomic mass is 35.5. The van der Waals surface area contributed by atoms with Crippen molar-refractivity contribution in [2.75, 3.05) is 0 Å². The average molecular weight is 476 g/mol. The van der Waals surface area contributed by atoms with Crippen molar-refractivity contribution >= 4 is 23.5 Å². The van der Waals surface area contributed by atoms with Gasteiger partial charge in [0.15, 0.2) is 0 Å². The molecule has 1 aromatic carbocycles. The molecule has 1 aliphatic heterocycles. The fourth-order valence-corrected chi connectivity index (χ4v) is 3.55. The second-order valence-electron chi connectivity index (χ2n) is 8.65. The number of amides is 1. The van der Waals surface area contributed by atoms with Gasteiger partial charge in [-0.3, -0.25) is 4.79 Å². The lowest BCUT2D eigenvalue weighted by Gasteiger charge is -2.45. The Morgan fingerprint density at radius 2 is 1.88 bits per heavy atom. The van der Waals surface area contributed by atoms with E-state index < -0.39 is 12.1 Å². The molecule has 1 aromatic rings. The number of allylic oxidation sites excluding steroid dienone is 2. The minimum Gasteiger partial charge on any atom is -0.478 e. The van der Waals surface area contributed by atoms with Gasteiger partial charge in [-0.1, -0.05) is 60.9 Å². The number of aliphatic hydroxyl groups excluding tert-OH is 1. The van der Waals surface area contributed by atoms with E-state index in [0.29, 0.717) is 17.0 Å². The maximum atomic E-state index is 11.2. The summed E-state index contributed by atoms with van der Waals surface area (Å²) in [5.74, 6) is -0.752. The summed E-state index contributed by atoms with van der Waals surface area (Å²) in [6.45, 7) is 11.1. The summed E-state index contributed by atoms with van der Waals surface area (Å²) in [6, 6.07) is 7.84. The van der Waals surface area contributed by atoms with Crippen molar-refractivity contribution in [2.24, 2.45) is 0 Å². The Hall–Kier alpha value is -2.37. The van der Waals surface area contributed by atoms with E-state index in [2.05, 4.69) is 18.8 Å². The van der Waals surface area contributed by atoms with Gasteiger partial charge in [0.1, 0.15) is 0 Å². The number of carboxylic acids is 1. The summed E-state index contributed by atoms with van der Waals surface area (Å²) in [5.41, 5.74) is 2.60. The Labute approximate surface area is 203 Å². The molecule has 0 radical (unpaired) electrons. The minimum atomic E-state index is -0.845. The first-order chi connectivity index (χ1) is 15.5. The van der Waals surface area contributed by atoms with E-state index in [0.717, 1.165) is 37.7 Å². The van der Waals surface area contributed by atoms with Crippen molar-refractivity contribution in [2.45, 2.75) is 83.8 Å². The van der Waals surface area contributed by atoms with Crippen LogP contribution in [-0.4, -0.2) is 34.2 Å². The Morgan fingerprint density at radius 1 is 1.30 bits per heavy atom. The van der Waals surface area contributed by atoms with Crippen molar-refractivity contribution in [1.82, 2.24) is 5.32 Å². The smallest absolute Gasteiger partial charge is 0.330 e. The van der Waals surface area contributed by atoms with Gasteiger partial charge in [-0.05, 0) is 64.2 Å². The zero-order valence-corrected chi connectivity index (χ0v) is 21.0. The van der Waals surface area contributed by atoms with E-state index >= 15 is 0 Å². The zero-order chi connectivity index (χ0) is 25.0. The van der Waals surface area contributed by atoms with Crippen LogP contribution in [0.25, 0.3) is 0 Å². The van der Waals surface area contributed by atoms with E-state index in [4.69, 9.17) is 16.7 Å². The number of aliphatic carboxylic acids is 1. The lowest BCUT2D eigenvalue weighted by Crippen LogP contribution is -2.44. The van der Waals surface area contributed by atoms with E-state index in [1.807, 2.05) is 43.3 Å². The Balaban J connectivity index is 0.000000378. The molecule has 3 rings (SSSR count). The normalized spacial score (nSPS) is 19.9. The highest BCUT2D eigenvalue weighted by Crippen LogP contribution is 2.47. The van der Waals surface area contributed by atoms with Crippen molar-refractivity contribution < 1.29 is 19.8 Å². The standard InChI is InChI=1S/C17H20ClNO2.C5H8O2.C5H10/c18-13-4-2-12(3-5-13)17(10-1-11-17)15(20)8-6-14-7-9-16(21)19-14;1-3-4(2)5(6)7;1-4-5(2)3/h2-6,8,14-15,20H,1,7,9-11H2,(H,19,21);3H,1-2H3,(H,6,7);2,4H2,1,3H3/b8-6+;4-3+;. The van der Waals surface area contributed by atoms with Gasteiger partial charge in [-0.25, -0.2) is 4.79 Å². The van der Waals surface area contributed by atoms with Crippen LogP contribution in [0.4, 0.5) is 0 Å². The molecule has 5 nitrogen and oxygen atoms in total.